The Balaban J connectivity index is 1.33. The molecule has 2 saturated heterocycles. The van der Waals surface area contributed by atoms with Gasteiger partial charge in [-0.1, -0.05) is 0 Å². The molecule has 0 spiro atoms. The van der Waals surface area contributed by atoms with Crippen molar-refractivity contribution in [3.8, 4) is 0 Å². The molecule has 0 radical (unpaired) electrons. The van der Waals surface area contributed by atoms with Crippen LogP contribution in [0.4, 0.5) is 28.4 Å². The second-order valence-electron chi connectivity index (χ2n) is 11.6. The van der Waals surface area contributed by atoms with E-state index in [1.54, 1.807) is 0 Å². The Hall–Kier alpha value is -3.41. The maximum atomic E-state index is 2.58. The van der Waals surface area contributed by atoms with Gasteiger partial charge in [-0.15, -0.1) is 0 Å². The van der Waals surface area contributed by atoms with Crippen molar-refractivity contribution in [2.24, 2.45) is 0 Å². The number of hydrogen-bond acceptors (Lipinski definition) is 5. The van der Waals surface area contributed by atoms with Gasteiger partial charge in [0.05, 0.1) is 5.69 Å². The molecule has 0 saturated carbocycles. The molecule has 7 rings (SSSR count). The lowest BCUT2D eigenvalue weighted by Gasteiger charge is -2.42. The zero-order chi connectivity index (χ0) is 25.6. The van der Waals surface area contributed by atoms with E-state index >= 15 is 0 Å². The van der Waals surface area contributed by atoms with Gasteiger partial charge in [-0.05, 0) is 74.2 Å². The summed E-state index contributed by atoms with van der Waals surface area (Å²) in [6, 6.07) is 19.0. The Labute approximate surface area is 227 Å². The molecule has 198 valence electrons. The number of rotatable bonds is 5. The van der Waals surface area contributed by atoms with Crippen LogP contribution in [0.15, 0.2) is 60.9 Å². The number of anilines is 5. The number of benzene rings is 2. The van der Waals surface area contributed by atoms with E-state index in [4.69, 9.17) is 0 Å². The van der Waals surface area contributed by atoms with Gasteiger partial charge < -0.3 is 24.5 Å². The minimum atomic E-state index is 0.121. The average molecular weight is 510 g/mol. The van der Waals surface area contributed by atoms with E-state index in [2.05, 4.69) is 104 Å². The Bertz CT molecular complexity index is 1180. The van der Waals surface area contributed by atoms with E-state index in [1.807, 2.05) is 0 Å². The van der Waals surface area contributed by atoms with Gasteiger partial charge in [0.2, 0.25) is 6.04 Å². The van der Waals surface area contributed by atoms with Crippen LogP contribution in [0, 0.1) is 0 Å². The van der Waals surface area contributed by atoms with Crippen LogP contribution in [-0.2, 0) is 0 Å². The largest absolute Gasteiger partial charge is 0.372 e. The summed E-state index contributed by atoms with van der Waals surface area (Å²) in [4.78, 5) is 12.5. The van der Waals surface area contributed by atoms with Crippen molar-refractivity contribution in [3.05, 3.63) is 72.1 Å². The molecule has 6 heteroatoms. The first-order chi connectivity index (χ1) is 18.7. The third kappa shape index (κ3) is 4.14. The van der Waals surface area contributed by atoms with Crippen LogP contribution in [-0.4, -0.2) is 66.5 Å². The van der Waals surface area contributed by atoms with Gasteiger partial charge in [-0.3, -0.25) is 0 Å². The molecule has 2 fully saturated rings. The maximum absolute atomic E-state index is 2.58. The van der Waals surface area contributed by atoms with Crippen LogP contribution < -0.4 is 29.1 Å². The molecule has 0 aliphatic carbocycles. The smallest absolute Gasteiger partial charge is 0.209 e. The SMILES string of the molecule is CN1CCN2CCN(C)c3c[n+](C(c4ccc(N5CCCC5)cc4)c4ccc(N5CCCC5)cc4)cc1c32. The average Bonchev–Trinajstić information content (AvgIpc) is 3.69. The summed E-state index contributed by atoms with van der Waals surface area (Å²) in [5.74, 6) is 0. The van der Waals surface area contributed by atoms with Gasteiger partial charge >= 0.3 is 0 Å². The summed E-state index contributed by atoms with van der Waals surface area (Å²) >= 11 is 0. The van der Waals surface area contributed by atoms with Crippen LogP contribution >= 0.6 is 0 Å². The van der Waals surface area contributed by atoms with Crippen LogP contribution in [0.2, 0.25) is 0 Å². The van der Waals surface area contributed by atoms with Crippen molar-refractivity contribution in [2.75, 3.05) is 91.0 Å². The summed E-state index contributed by atoms with van der Waals surface area (Å²) in [5.41, 5.74) is 9.47. The molecule has 4 aliphatic rings. The minimum Gasteiger partial charge on any atom is -0.372 e. The molecule has 0 unspecified atom stereocenters. The Morgan fingerprint density at radius 3 is 1.37 bits per heavy atom. The molecule has 0 N–H and O–H groups in total. The van der Waals surface area contributed by atoms with Crippen molar-refractivity contribution in [1.82, 2.24) is 0 Å². The van der Waals surface area contributed by atoms with Gasteiger partial charge in [0.15, 0.2) is 12.4 Å². The van der Waals surface area contributed by atoms with Crippen molar-refractivity contribution in [3.63, 3.8) is 0 Å². The summed E-state index contributed by atoms with van der Waals surface area (Å²) in [5, 5.41) is 0. The lowest BCUT2D eigenvalue weighted by Crippen LogP contribution is -2.50. The number of aromatic nitrogens is 1. The van der Waals surface area contributed by atoms with E-state index < -0.39 is 0 Å². The number of hydrogen-bond donors (Lipinski definition) is 0. The predicted molar refractivity (Wildman–Crippen MR) is 158 cm³/mol. The molecule has 38 heavy (non-hydrogen) atoms. The van der Waals surface area contributed by atoms with Gasteiger partial charge in [-0.2, -0.15) is 4.57 Å². The van der Waals surface area contributed by atoms with E-state index in [0.717, 1.165) is 26.2 Å². The van der Waals surface area contributed by atoms with Crippen molar-refractivity contribution in [1.29, 1.82) is 0 Å². The lowest BCUT2D eigenvalue weighted by atomic mass is 9.97. The summed E-state index contributed by atoms with van der Waals surface area (Å²) in [6.07, 6.45) is 10.0. The highest BCUT2D eigenvalue weighted by atomic mass is 15.3. The van der Waals surface area contributed by atoms with E-state index in [-0.39, 0.29) is 6.04 Å². The van der Waals surface area contributed by atoms with Crippen molar-refractivity contribution < 1.29 is 4.57 Å². The van der Waals surface area contributed by atoms with Crippen LogP contribution in [0.1, 0.15) is 42.9 Å². The van der Waals surface area contributed by atoms with Crippen molar-refractivity contribution >= 4 is 28.4 Å². The summed E-state index contributed by atoms with van der Waals surface area (Å²) in [6.45, 7) is 9.07. The molecular formula is C32H41N6+. The van der Waals surface area contributed by atoms with E-state index in [0.29, 0.717) is 0 Å². The molecule has 2 aromatic carbocycles. The van der Waals surface area contributed by atoms with Crippen molar-refractivity contribution in [2.45, 2.75) is 31.7 Å². The van der Waals surface area contributed by atoms with E-state index in [1.165, 1.54) is 91.4 Å². The molecule has 3 aromatic rings. The van der Waals surface area contributed by atoms with Gasteiger partial charge in [0.25, 0.3) is 0 Å². The maximum Gasteiger partial charge on any atom is 0.209 e. The minimum absolute atomic E-state index is 0.121. The molecule has 5 heterocycles. The third-order valence-corrected chi connectivity index (χ3v) is 9.24. The standard InChI is InChI=1S/C32H41N6/c1-33-19-21-37-22-20-34(2)30-24-38(23-29(33)32(30)37)31(25-7-11-27(12-8-25)35-15-3-4-16-35)26-9-13-28(14-10-26)36-17-5-6-18-36/h7-14,23-24,31H,3-6,15-22H2,1-2H3/q+1. The molecule has 6 nitrogen and oxygen atoms in total. The second-order valence-corrected chi connectivity index (χ2v) is 11.6. The zero-order valence-corrected chi connectivity index (χ0v) is 23.0. The van der Waals surface area contributed by atoms with Crippen LogP contribution in [0.3, 0.4) is 0 Å². The molecular weight excluding hydrogens is 468 g/mol. The monoisotopic (exact) mass is 509 g/mol. The number of nitrogens with zero attached hydrogens (tertiary/aromatic N) is 6. The second kappa shape index (κ2) is 9.72. The van der Waals surface area contributed by atoms with Gasteiger partial charge in [0.1, 0.15) is 11.4 Å². The quantitative estimate of drug-likeness (QED) is 0.470. The Morgan fingerprint density at radius 2 is 0.947 bits per heavy atom. The number of likely N-dealkylation sites (N-methyl/N-ethyl adjacent to an activating group) is 2. The lowest BCUT2D eigenvalue weighted by molar-refractivity contribution is -0.703. The fourth-order valence-corrected chi connectivity index (χ4v) is 6.94. The highest BCUT2D eigenvalue weighted by Gasteiger charge is 2.35. The van der Waals surface area contributed by atoms with Crippen LogP contribution in [0.5, 0.6) is 0 Å². The molecule has 0 atom stereocenters. The third-order valence-electron chi connectivity index (χ3n) is 9.24. The van der Waals surface area contributed by atoms with Gasteiger partial charge in [0, 0.05) is 89.0 Å². The molecule has 0 amide bonds. The first kappa shape index (κ1) is 23.7. The summed E-state index contributed by atoms with van der Waals surface area (Å²) in [7, 11) is 4.49. The molecule has 1 aromatic heterocycles. The predicted octanol–water partition coefficient (Wildman–Crippen LogP) is 4.52. The number of pyridine rings is 1. The molecule has 4 aliphatic heterocycles. The summed E-state index contributed by atoms with van der Waals surface area (Å²) < 4.78 is 2.48. The van der Waals surface area contributed by atoms with E-state index in [9.17, 15) is 0 Å². The highest BCUT2D eigenvalue weighted by molar-refractivity contribution is 5.85. The zero-order valence-electron chi connectivity index (χ0n) is 23.0. The Morgan fingerprint density at radius 1 is 0.526 bits per heavy atom. The fourth-order valence-electron chi connectivity index (χ4n) is 6.94. The first-order valence-electron chi connectivity index (χ1n) is 14.6. The first-order valence-corrected chi connectivity index (χ1v) is 14.6. The Kier molecular flexibility index (Phi) is 6.06. The molecule has 0 bridgehead atoms. The highest BCUT2D eigenvalue weighted by Crippen LogP contribution is 2.42. The van der Waals surface area contributed by atoms with Crippen LogP contribution in [0.25, 0.3) is 0 Å². The normalized spacial score (nSPS) is 19.1. The van der Waals surface area contributed by atoms with Gasteiger partial charge in [-0.25, -0.2) is 0 Å². The fraction of sp³-hybridized carbons (Fsp3) is 0.469. The topological polar surface area (TPSA) is 20.1 Å².